The number of halogens is 3. The molecule has 7 heteroatoms. The van der Waals surface area contributed by atoms with Gasteiger partial charge in [0.25, 0.3) is 5.91 Å². The maximum atomic E-state index is 12.7. The molecule has 0 radical (unpaired) electrons. The van der Waals surface area contributed by atoms with Crippen LogP contribution >= 0.6 is 0 Å². The molecule has 1 aliphatic heterocycles. The summed E-state index contributed by atoms with van der Waals surface area (Å²) >= 11 is 0. The number of rotatable bonds is 3. The van der Waals surface area contributed by atoms with E-state index in [1.54, 1.807) is 12.1 Å². The van der Waals surface area contributed by atoms with Crippen LogP contribution in [0.25, 0.3) is 0 Å². The van der Waals surface area contributed by atoms with Crippen LogP contribution in [0.2, 0.25) is 0 Å². The molecule has 1 amide bonds. The van der Waals surface area contributed by atoms with Gasteiger partial charge < -0.3 is 14.7 Å². The van der Waals surface area contributed by atoms with Gasteiger partial charge in [0.15, 0.2) is 5.60 Å². The van der Waals surface area contributed by atoms with Gasteiger partial charge in [-0.2, -0.15) is 13.2 Å². The summed E-state index contributed by atoms with van der Waals surface area (Å²) in [4.78, 5) is 13.2. The molecule has 1 unspecified atom stereocenters. The molecule has 1 N–H and O–H groups in total. The number of carbonyl (C=O) groups is 1. The van der Waals surface area contributed by atoms with Crippen LogP contribution in [0.5, 0.6) is 5.75 Å². The number of amides is 1. The van der Waals surface area contributed by atoms with E-state index in [4.69, 9.17) is 4.74 Å². The topological polar surface area (TPSA) is 49.8 Å². The van der Waals surface area contributed by atoms with Gasteiger partial charge in [0, 0.05) is 18.5 Å². The van der Waals surface area contributed by atoms with Crippen molar-refractivity contribution in [2.45, 2.75) is 25.1 Å². The van der Waals surface area contributed by atoms with E-state index in [0.29, 0.717) is 12.4 Å². The van der Waals surface area contributed by atoms with Gasteiger partial charge >= 0.3 is 6.18 Å². The van der Waals surface area contributed by atoms with Crippen molar-refractivity contribution in [1.29, 1.82) is 0 Å². The number of β-amino-alcohol motifs (C(OH)–C–C–N with tert-alkyl or cyclic N) is 1. The molecule has 2 rings (SSSR count). The third-order valence-corrected chi connectivity index (χ3v) is 3.47. The first-order valence-electron chi connectivity index (χ1n) is 6.58. The van der Waals surface area contributed by atoms with Crippen LogP contribution in [0.3, 0.4) is 0 Å². The minimum Gasteiger partial charge on any atom is -0.494 e. The number of ether oxygens (including phenoxy) is 1. The Balaban J connectivity index is 2.08. The van der Waals surface area contributed by atoms with E-state index in [1.807, 2.05) is 6.92 Å². The van der Waals surface area contributed by atoms with Crippen molar-refractivity contribution in [2.24, 2.45) is 0 Å². The number of aliphatic hydroxyl groups is 1. The molecule has 0 aromatic heterocycles. The number of benzene rings is 1. The first-order valence-corrected chi connectivity index (χ1v) is 6.58. The first kappa shape index (κ1) is 15.6. The van der Waals surface area contributed by atoms with Crippen molar-refractivity contribution < 1.29 is 27.8 Å². The molecule has 1 saturated heterocycles. The van der Waals surface area contributed by atoms with Crippen molar-refractivity contribution >= 4 is 5.91 Å². The summed E-state index contributed by atoms with van der Waals surface area (Å²) in [6.45, 7) is 1.45. The second-order valence-corrected chi connectivity index (χ2v) is 4.96. The molecule has 0 bridgehead atoms. The number of carbonyl (C=O) groups excluding carboxylic acids is 1. The number of hydrogen-bond acceptors (Lipinski definition) is 3. The summed E-state index contributed by atoms with van der Waals surface area (Å²) in [5, 5.41) is 9.57. The largest absolute Gasteiger partial charge is 0.494 e. The van der Waals surface area contributed by atoms with E-state index < -0.39 is 30.7 Å². The van der Waals surface area contributed by atoms with Crippen LogP contribution < -0.4 is 4.74 Å². The molecule has 0 saturated carbocycles. The minimum atomic E-state index is -4.74. The predicted molar refractivity (Wildman–Crippen MR) is 69.1 cm³/mol. The molecule has 1 fully saturated rings. The van der Waals surface area contributed by atoms with E-state index in [9.17, 15) is 23.1 Å². The van der Waals surface area contributed by atoms with Crippen molar-refractivity contribution in [1.82, 2.24) is 4.90 Å². The van der Waals surface area contributed by atoms with Gasteiger partial charge in [-0.15, -0.1) is 0 Å². The number of nitrogens with zero attached hydrogens (tertiary/aromatic N) is 1. The fourth-order valence-electron chi connectivity index (χ4n) is 2.24. The van der Waals surface area contributed by atoms with Gasteiger partial charge in [-0.25, -0.2) is 0 Å². The highest BCUT2D eigenvalue weighted by molar-refractivity contribution is 5.94. The molecule has 4 nitrogen and oxygen atoms in total. The molecule has 1 aromatic carbocycles. The van der Waals surface area contributed by atoms with E-state index in [2.05, 4.69) is 0 Å². The van der Waals surface area contributed by atoms with Crippen LogP contribution in [-0.2, 0) is 0 Å². The van der Waals surface area contributed by atoms with E-state index in [1.165, 1.54) is 12.1 Å². The highest BCUT2D eigenvalue weighted by Crippen LogP contribution is 2.38. The van der Waals surface area contributed by atoms with Crippen molar-refractivity contribution in [3.8, 4) is 5.75 Å². The Morgan fingerprint density at radius 1 is 1.38 bits per heavy atom. The van der Waals surface area contributed by atoms with Crippen LogP contribution in [0.1, 0.15) is 23.7 Å². The van der Waals surface area contributed by atoms with E-state index in [-0.39, 0.29) is 12.1 Å². The molecular weight excluding hydrogens is 287 g/mol. The second-order valence-electron chi connectivity index (χ2n) is 4.96. The van der Waals surface area contributed by atoms with Crippen LogP contribution in [0.4, 0.5) is 13.2 Å². The van der Waals surface area contributed by atoms with Crippen molar-refractivity contribution in [3.05, 3.63) is 29.8 Å². The molecular formula is C14H16F3NO3. The first-order chi connectivity index (χ1) is 9.77. The molecule has 0 aliphatic carbocycles. The summed E-state index contributed by atoms with van der Waals surface area (Å²) in [6.07, 6.45) is -5.24. The van der Waals surface area contributed by atoms with Gasteiger partial charge in [-0.1, -0.05) is 0 Å². The molecule has 1 aromatic rings. The van der Waals surface area contributed by atoms with Gasteiger partial charge in [0.2, 0.25) is 0 Å². The summed E-state index contributed by atoms with van der Waals surface area (Å²) in [7, 11) is 0. The zero-order valence-electron chi connectivity index (χ0n) is 11.5. The number of likely N-dealkylation sites (tertiary alicyclic amines) is 1. The minimum absolute atomic E-state index is 0.123. The summed E-state index contributed by atoms with van der Waals surface area (Å²) in [6, 6.07) is 6.17. The van der Waals surface area contributed by atoms with Gasteiger partial charge in [0.05, 0.1) is 13.2 Å². The Hall–Kier alpha value is -1.76. The summed E-state index contributed by atoms with van der Waals surface area (Å²) in [5.41, 5.74) is -2.54. The second kappa shape index (κ2) is 5.55. The SMILES string of the molecule is CCOc1ccc(C(=O)N2CCC(O)(C(F)(F)F)C2)cc1. The average molecular weight is 303 g/mol. The normalized spacial score (nSPS) is 22.4. The Kier molecular flexibility index (Phi) is 4.13. The molecule has 21 heavy (non-hydrogen) atoms. The lowest BCUT2D eigenvalue weighted by Gasteiger charge is -2.25. The maximum absolute atomic E-state index is 12.7. The quantitative estimate of drug-likeness (QED) is 0.931. The lowest BCUT2D eigenvalue weighted by Crippen LogP contribution is -2.48. The summed E-state index contributed by atoms with van der Waals surface area (Å²) in [5.74, 6) is 0.0560. The standard InChI is InChI=1S/C14H16F3NO3/c1-2-21-11-5-3-10(4-6-11)12(19)18-8-7-13(20,9-18)14(15,16)17/h3-6,20H,2,7-9H2,1H3. The maximum Gasteiger partial charge on any atom is 0.419 e. The Labute approximate surface area is 120 Å². The smallest absolute Gasteiger partial charge is 0.419 e. The Bertz CT molecular complexity index is 515. The Morgan fingerprint density at radius 2 is 2.00 bits per heavy atom. The molecule has 1 aliphatic rings. The highest BCUT2D eigenvalue weighted by atomic mass is 19.4. The van der Waals surface area contributed by atoms with Gasteiger partial charge in [0.1, 0.15) is 5.75 Å². The lowest BCUT2D eigenvalue weighted by molar-refractivity contribution is -0.253. The number of hydrogen-bond donors (Lipinski definition) is 1. The van der Waals surface area contributed by atoms with Crippen molar-refractivity contribution in [3.63, 3.8) is 0 Å². The van der Waals surface area contributed by atoms with Crippen LogP contribution in [0, 0.1) is 0 Å². The molecule has 0 spiro atoms. The van der Waals surface area contributed by atoms with E-state index >= 15 is 0 Å². The monoisotopic (exact) mass is 303 g/mol. The molecule has 116 valence electrons. The van der Waals surface area contributed by atoms with Crippen LogP contribution in [0.15, 0.2) is 24.3 Å². The average Bonchev–Trinajstić information content (AvgIpc) is 2.83. The summed E-state index contributed by atoms with van der Waals surface area (Å²) < 4.78 is 43.4. The van der Waals surface area contributed by atoms with E-state index in [0.717, 1.165) is 4.90 Å². The number of alkyl halides is 3. The van der Waals surface area contributed by atoms with Crippen LogP contribution in [-0.4, -0.2) is 47.4 Å². The Morgan fingerprint density at radius 3 is 2.48 bits per heavy atom. The third-order valence-electron chi connectivity index (χ3n) is 3.47. The zero-order valence-corrected chi connectivity index (χ0v) is 11.5. The van der Waals surface area contributed by atoms with Gasteiger partial charge in [-0.3, -0.25) is 4.79 Å². The van der Waals surface area contributed by atoms with Gasteiger partial charge in [-0.05, 0) is 31.2 Å². The third kappa shape index (κ3) is 3.12. The predicted octanol–water partition coefficient (Wildman–Crippen LogP) is 2.22. The molecule has 1 atom stereocenters. The zero-order chi connectivity index (χ0) is 15.7. The fraction of sp³-hybridized carbons (Fsp3) is 0.500. The highest BCUT2D eigenvalue weighted by Gasteiger charge is 2.57. The van der Waals surface area contributed by atoms with Crippen molar-refractivity contribution in [2.75, 3.05) is 19.7 Å². The molecule has 1 heterocycles. The lowest BCUT2D eigenvalue weighted by atomic mass is 10.0. The fourth-order valence-corrected chi connectivity index (χ4v) is 2.24.